The fraction of sp³-hybridized carbons (Fsp3) is 0.714. The van der Waals surface area contributed by atoms with Crippen molar-refractivity contribution in [3.8, 4) is 0 Å². The van der Waals surface area contributed by atoms with Crippen molar-refractivity contribution in [1.82, 2.24) is 4.90 Å². The second-order valence-corrected chi connectivity index (χ2v) is 2.74. The Morgan fingerprint density at radius 2 is 2.08 bits per heavy atom. The number of hydrogen-bond acceptors (Lipinski definition) is 4. The monoisotopic (exact) mass is 189 g/mol. The number of carboxylic acid groups (broad SMARTS) is 1. The SMILES string of the molecule is CCN(CC(N)=O)CC(N)C(=O)O. The van der Waals surface area contributed by atoms with E-state index in [0.717, 1.165) is 0 Å². The molecule has 0 saturated heterocycles. The Morgan fingerprint density at radius 1 is 1.54 bits per heavy atom. The van der Waals surface area contributed by atoms with Crippen LogP contribution in [0.25, 0.3) is 0 Å². The van der Waals surface area contributed by atoms with Crippen LogP contribution in [-0.4, -0.2) is 47.6 Å². The summed E-state index contributed by atoms with van der Waals surface area (Å²) in [6.07, 6.45) is 0. The van der Waals surface area contributed by atoms with E-state index in [1.807, 2.05) is 0 Å². The van der Waals surface area contributed by atoms with Crippen molar-refractivity contribution in [1.29, 1.82) is 0 Å². The van der Waals surface area contributed by atoms with Crippen molar-refractivity contribution >= 4 is 11.9 Å². The van der Waals surface area contributed by atoms with Crippen LogP contribution >= 0.6 is 0 Å². The van der Waals surface area contributed by atoms with E-state index in [9.17, 15) is 9.59 Å². The number of carbonyl (C=O) groups is 2. The highest BCUT2D eigenvalue weighted by Crippen LogP contribution is 1.90. The largest absolute Gasteiger partial charge is 0.480 e. The summed E-state index contributed by atoms with van der Waals surface area (Å²) >= 11 is 0. The Bertz CT molecular complexity index is 195. The van der Waals surface area contributed by atoms with Gasteiger partial charge in [-0.2, -0.15) is 0 Å². The molecule has 0 spiro atoms. The second-order valence-electron chi connectivity index (χ2n) is 2.74. The highest BCUT2D eigenvalue weighted by atomic mass is 16.4. The lowest BCUT2D eigenvalue weighted by atomic mass is 10.3. The summed E-state index contributed by atoms with van der Waals surface area (Å²) in [5.74, 6) is -1.57. The summed E-state index contributed by atoms with van der Waals surface area (Å²) in [6.45, 7) is 2.52. The number of amides is 1. The molecular formula is C7H15N3O3. The van der Waals surface area contributed by atoms with Gasteiger partial charge in [-0.05, 0) is 6.54 Å². The summed E-state index contributed by atoms with van der Waals surface area (Å²) in [4.78, 5) is 22.5. The number of nitrogens with two attached hydrogens (primary N) is 2. The average Bonchev–Trinajstić information content (AvgIpc) is 2.02. The van der Waals surface area contributed by atoms with E-state index >= 15 is 0 Å². The van der Waals surface area contributed by atoms with Gasteiger partial charge in [-0.25, -0.2) is 0 Å². The number of carboxylic acids is 1. The smallest absolute Gasteiger partial charge is 0.321 e. The highest BCUT2D eigenvalue weighted by Gasteiger charge is 2.16. The zero-order valence-corrected chi connectivity index (χ0v) is 7.56. The number of carbonyl (C=O) groups excluding carboxylic acids is 1. The molecular weight excluding hydrogens is 174 g/mol. The molecule has 0 aromatic carbocycles. The van der Waals surface area contributed by atoms with Crippen LogP contribution in [0.2, 0.25) is 0 Å². The number of primary amides is 1. The van der Waals surface area contributed by atoms with Crippen molar-refractivity contribution in [2.45, 2.75) is 13.0 Å². The molecule has 0 saturated carbocycles. The second kappa shape index (κ2) is 5.50. The zero-order chi connectivity index (χ0) is 10.4. The van der Waals surface area contributed by atoms with Crippen LogP contribution in [0.15, 0.2) is 0 Å². The topological polar surface area (TPSA) is 110 Å². The molecule has 6 heteroatoms. The van der Waals surface area contributed by atoms with E-state index in [2.05, 4.69) is 0 Å². The van der Waals surface area contributed by atoms with Crippen molar-refractivity contribution < 1.29 is 14.7 Å². The molecule has 0 aliphatic heterocycles. The van der Waals surface area contributed by atoms with Crippen LogP contribution in [0.4, 0.5) is 0 Å². The van der Waals surface area contributed by atoms with Gasteiger partial charge in [0.05, 0.1) is 6.54 Å². The molecule has 0 aliphatic carbocycles. The summed E-state index contributed by atoms with van der Waals surface area (Å²) in [5.41, 5.74) is 10.2. The fourth-order valence-electron chi connectivity index (χ4n) is 0.882. The Labute approximate surface area is 76.5 Å². The van der Waals surface area contributed by atoms with Crippen molar-refractivity contribution in [2.24, 2.45) is 11.5 Å². The minimum atomic E-state index is -1.08. The van der Waals surface area contributed by atoms with Crippen molar-refractivity contribution in [2.75, 3.05) is 19.6 Å². The van der Waals surface area contributed by atoms with Gasteiger partial charge in [-0.1, -0.05) is 6.92 Å². The van der Waals surface area contributed by atoms with Gasteiger partial charge in [-0.3, -0.25) is 14.5 Å². The Kier molecular flexibility index (Phi) is 5.01. The number of rotatable bonds is 6. The maximum absolute atomic E-state index is 10.5. The Hall–Kier alpha value is -1.14. The van der Waals surface area contributed by atoms with Crippen LogP contribution in [-0.2, 0) is 9.59 Å². The maximum atomic E-state index is 10.5. The van der Waals surface area contributed by atoms with Crippen LogP contribution in [0.3, 0.4) is 0 Å². The fourth-order valence-corrected chi connectivity index (χ4v) is 0.882. The molecule has 13 heavy (non-hydrogen) atoms. The molecule has 1 amide bonds. The van der Waals surface area contributed by atoms with Crippen molar-refractivity contribution in [3.05, 3.63) is 0 Å². The lowest BCUT2D eigenvalue weighted by molar-refractivity contribution is -0.139. The van der Waals surface area contributed by atoms with Gasteiger partial charge < -0.3 is 16.6 Å². The van der Waals surface area contributed by atoms with Gasteiger partial charge >= 0.3 is 5.97 Å². The third-order valence-corrected chi connectivity index (χ3v) is 1.60. The van der Waals surface area contributed by atoms with Crippen LogP contribution < -0.4 is 11.5 Å². The van der Waals surface area contributed by atoms with E-state index in [1.165, 1.54) is 0 Å². The number of hydrogen-bond donors (Lipinski definition) is 3. The van der Waals surface area contributed by atoms with Crippen LogP contribution in [0.5, 0.6) is 0 Å². The van der Waals surface area contributed by atoms with Gasteiger partial charge in [0, 0.05) is 6.54 Å². The van der Waals surface area contributed by atoms with Gasteiger partial charge in [-0.15, -0.1) is 0 Å². The molecule has 0 aromatic heterocycles. The van der Waals surface area contributed by atoms with Gasteiger partial charge in [0.2, 0.25) is 5.91 Å². The predicted molar refractivity (Wildman–Crippen MR) is 46.9 cm³/mol. The Morgan fingerprint density at radius 3 is 2.38 bits per heavy atom. The third-order valence-electron chi connectivity index (χ3n) is 1.60. The lowest BCUT2D eigenvalue weighted by Crippen LogP contribution is -2.45. The van der Waals surface area contributed by atoms with Gasteiger partial charge in [0.25, 0.3) is 0 Å². The Balaban J connectivity index is 3.97. The number of aliphatic carboxylic acids is 1. The number of nitrogens with zero attached hydrogens (tertiary/aromatic N) is 1. The summed E-state index contributed by atoms with van der Waals surface area (Å²) < 4.78 is 0. The standard InChI is InChI=1S/C7H15N3O3/c1-2-10(4-6(9)11)3-5(8)7(12)13/h5H,2-4,8H2,1H3,(H2,9,11)(H,12,13). The molecule has 0 fully saturated rings. The van der Waals surface area contributed by atoms with Gasteiger partial charge in [0.1, 0.15) is 6.04 Å². The molecule has 0 rings (SSSR count). The normalized spacial score (nSPS) is 12.8. The first kappa shape index (κ1) is 11.9. The molecule has 1 unspecified atom stereocenters. The van der Waals surface area contributed by atoms with E-state index in [1.54, 1.807) is 11.8 Å². The molecule has 0 aromatic rings. The molecule has 5 N–H and O–H groups in total. The number of likely N-dealkylation sites (N-methyl/N-ethyl adjacent to an activating group) is 1. The first-order valence-corrected chi connectivity index (χ1v) is 3.96. The first-order valence-electron chi connectivity index (χ1n) is 3.96. The van der Waals surface area contributed by atoms with E-state index in [0.29, 0.717) is 6.54 Å². The maximum Gasteiger partial charge on any atom is 0.321 e. The first-order chi connectivity index (χ1) is 5.97. The van der Waals surface area contributed by atoms with E-state index in [-0.39, 0.29) is 13.1 Å². The van der Waals surface area contributed by atoms with E-state index in [4.69, 9.17) is 16.6 Å². The minimum absolute atomic E-state index is 0.0392. The van der Waals surface area contributed by atoms with Crippen molar-refractivity contribution in [3.63, 3.8) is 0 Å². The molecule has 0 bridgehead atoms. The minimum Gasteiger partial charge on any atom is -0.480 e. The van der Waals surface area contributed by atoms with E-state index < -0.39 is 17.9 Å². The predicted octanol–water partition coefficient (Wildman–Crippen LogP) is -1.79. The average molecular weight is 189 g/mol. The molecule has 76 valence electrons. The zero-order valence-electron chi connectivity index (χ0n) is 7.56. The molecule has 1 atom stereocenters. The molecule has 0 radical (unpaired) electrons. The molecule has 6 nitrogen and oxygen atoms in total. The van der Waals surface area contributed by atoms with Crippen LogP contribution in [0, 0.1) is 0 Å². The highest BCUT2D eigenvalue weighted by molar-refractivity contribution is 5.76. The third kappa shape index (κ3) is 5.15. The van der Waals surface area contributed by atoms with Crippen LogP contribution in [0.1, 0.15) is 6.92 Å². The summed E-state index contributed by atoms with van der Waals surface area (Å²) in [5, 5.41) is 8.49. The van der Waals surface area contributed by atoms with Gasteiger partial charge in [0.15, 0.2) is 0 Å². The molecule has 0 aliphatic rings. The summed E-state index contributed by atoms with van der Waals surface area (Å²) in [6, 6.07) is -0.973. The lowest BCUT2D eigenvalue weighted by Gasteiger charge is -2.20. The quantitative estimate of drug-likeness (QED) is 0.457. The molecule has 0 heterocycles. The summed E-state index contributed by atoms with van der Waals surface area (Å²) in [7, 11) is 0.